The van der Waals surface area contributed by atoms with Crippen LogP contribution in [0, 0.1) is 0 Å². The fraction of sp³-hybridized carbons (Fsp3) is 0.278. The summed E-state index contributed by atoms with van der Waals surface area (Å²) in [6.07, 6.45) is 4.56. The summed E-state index contributed by atoms with van der Waals surface area (Å²) in [5.41, 5.74) is 7.77. The third kappa shape index (κ3) is 5.80. The third-order valence-electron chi connectivity index (χ3n) is 8.14. The second kappa shape index (κ2) is 12.7. The van der Waals surface area contributed by atoms with Gasteiger partial charge < -0.3 is 28.4 Å². The van der Waals surface area contributed by atoms with Crippen molar-refractivity contribution in [3.63, 3.8) is 0 Å². The summed E-state index contributed by atoms with van der Waals surface area (Å²) in [5, 5.41) is 0. The molecule has 4 aromatic carbocycles. The summed E-state index contributed by atoms with van der Waals surface area (Å²) in [6, 6.07) is 22.3. The van der Waals surface area contributed by atoms with Crippen LogP contribution in [0.4, 0.5) is 5.69 Å². The van der Waals surface area contributed by atoms with Crippen LogP contribution in [0.15, 0.2) is 71.7 Å². The molecule has 0 aromatic heterocycles. The van der Waals surface area contributed by atoms with Gasteiger partial charge in [0.05, 0.1) is 41.6 Å². The Morgan fingerprint density at radius 3 is 2.11 bits per heavy atom. The minimum atomic E-state index is 0.649. The molecule has 0 bridgehead atoms. The predicted octanol–water partition coefficient (Wildman–Crippen LogP) is 6.43. The molecule has 6 rings (SSSR count). The van der Waals surface area contributed by atoms with E-state index < -0.39 is 0 Å². The lowest BCUT2D eigenvalue weighted by Gasteiger charge is -2.20. The first kappa shape index (κ1) is 29.1. The van der Waals surface area contributed by atoms with Crippen LogP contribution in [0.3, 0.4) is 0 Å². The van der Waals surface area contributed by atoms with Gasteiger partial charge >= 0.3 is 0 Å². The van der Waals surface area contributed by atoms with Gasteiger partial charge in [-0.15, -0.1) is 0 Å². The fourth-order valence-corrected chi connectivity index (χ4v) is 5.85. The van der Waals surface area contributed by atoms with Crippen LogP contribution in [-0.4, -0.2) is 65.1 Å². The smallest absolute Gasteiger partial charge is 0.208 e. The van der Waals surface area contributed by atoms with Gasteiger partial charge in [-0.25, -0.2) is 0 Å². The van der Waals surface area contributed by atoms with Crippen LogP contribution in [0.25, 0.3) is 0 Å². The Morgan fingerprint density at radius 2 is 1.36 bits per heavy atom. The molecule has 0 fully saturated rings. The molecule has 2 heterocycles. The normalized spacial score (nSPS) is 13.6. The van der Waals surface area contributed by atoms with Crippen LogP contribution in [0.2, 0.25) is 0 Å². The van der Waals surface area contributed by atoms with E-state index >= 15 is 0 Å². The average Bonchev–Trinajstić information content (AvgIpc) is 3.07. The highest BCUT2D eigenvalue weighted by atomic mass is 16.5. The minimum Gasteiger partial charge on any atom is -0.493 e. The molecule has 0 N–H and O–H groups in total. The first-order valence-corrected chi connectivity index (χ1v) is 14.6. The molecule has 44 heavy (non-hydrogen) atoms. The zero-order valence-corrected chi connectivity index (χ0v) is 25.8. The Labute approximate surface area is 258 Å². The number of benzene rings is 4. The summed E-state index contributed by atoms with van der Waals surface area (Å²) < 4.78 is 36.5. The van der Waals surface area contributed by atoms with Crippen molar-refractivity contribution in [1.82, 2.24) is 0 Å². The van der Waals surface area contributed by atoms with Crippen LogP contribution < -0.4 is 28.4 Å². The molecule has 4 aromatic rings. The predicted molar refractivity (Wildman–Crippen MR) is 171 cm³/mol. The van der Waals surface area contributed by atoms with Crippen molar-refractivity contribution in [2.45, 2.75) is 19.3 Å². The van der Waals surface area contributed by atoms with Gasteiger partial charge in [0, 0.05) is 42.3 Å². The number of aliphatic imine (C=N–C) groups is 1. The number of rotatable bonds is 10. The maximum absolute atomic E-state index is 6.46. The van der Waals surface area contributed by atoms with Crippen LogP contribution in [0.5, 0.6) is 40.2 Å². The quantitative estimate of drug-likeness (QED) is 0.198. The summed E-state index contributed by atoms with van der Waals surface area (Å²) in [5.74, 6) is 4.94. The standard InChI is InChI=1S/C36H37N2O6/c1-39-31-10-9-23(15-30-29-21-35(43-5)33(41-3)18-25(29)11-13-37-30)16-36(31)44-28-8-6-7-27(20-28)38-14-12-24-17-32(40-2)34(42-4)19-26(24)22-38/h6-10,16-22H,11-15H2,1-5H3/q+1. The highest BCUT2D eigenvalue weighted by molar-refractivity contribution is 6.04. The van der Waals surface area contributed by atoms with E-state index in [0.29, 0.717) is 23.7 Å². The zero-order chi connectivity index (χ0) is 30.6. The van der Waals surface area contributed by atoms with Gasteiger partial charge in [-0.05, 0) is 65.6 Å². The molecular formula is C36H37N2O6+. The molecule has 2 aliphatic heterocycles. The van der Waals surface area contributed by atoms with Gasteiger partial charge in [0.2, 0.25) is 5.69 Å². The number of hydrogen-bond donors (Lipinski definition) is 0. The van der Waals surface area contributed by atoms with Gasteiger partial charge in [0.1, 0.15) is 5.75 Å². The Balaban J connectivity index is 1.26. The summed E-state index contributed by atoms with van der Waals surface area (Å²) in [4.78, 5) is 4.88. The third-order valence-corrected chi connectivity index (χ3v) is 8.14. The van der Waals surface area contributed by atoms with Crippen molar-refractivity contribution >= 4 is 17.6 Å². The Hall–Kier alpha value is -4.98. The molecule has 0 spiro atoms. The molecule has 0 saturated heterocycles. The topological polar surface area (TPSA) is 70.8 Å². The Bertz CT molecular complexity index is 1760. The maximum atomic E-state index is 6.46. The van der Waals surface area contributed by atoms with Crippen molar-refractivity contribution < 1.29 is 33.0 Å². The molecule has 8 nitrogen and oxygen atoms in total. The molecule has 0 saturated carbocycles. The van der Waals surface area contributed by atoms with E-state index in [9.17, 15) is 0 Å². The average molecular weight is 594 g/mol. The molecule has 0 aliphatic carbocycles. The van der Waals surface area contributed by atoms with Crippen molar-refractivity contribution in [1.29, 1.82) is 0 Å². The van der Waals surface area contributed by atoms with Crippen molar-refractivity contribution in [3.8, 4) is 40.2 Å². The molecule has 0 amide bonds. The molecule has 226 valence electrons. The molecule has 8 heteroatoms. The SMILES string of the molecule is COc1cc2c(cc1OC)CC[N+](c1cccc(Oc3cc(CC4=NCCc5cc(OC)c(OC)cc54)ccc3OC)c1)=C2. The lowest BCUT2D eigenvalue weighted by atomic mass is 9.93. The van der Waals surface area contributed by atoms with Gasteiger partial charge in [0.15, 0.2) is 47.3 Å². The van der Waals surface area contributed by atoms with E-state index in [1.807, 2.05) is 36.4 Å². The van der Waals surface area contributed by atoms with E-state index in [1.165, 1.54) is 11.1 Å². The first-order chi connectivity index (χ1) is 21.5. The largest absolute Gasteiger partial charge is 0.493 e. The van der Waals surface area contributed by atoms with Gasteiger partial charge in [-0.2, -0.15) is 4.58 Å². The lowest BCUT2D eigenvalue weighted by molar-refractivity contribution is -0.436. The number of hydrogen-bond acceptors (Lipinski definition) is 7. The molecule has 0 unspecified atom stereocenters. The van der Waals surface area contributed by atoms with Crippen LogP contribution in [-0.2, 0) is 19.3 Å². The minimum absolute atomic E-state index is 0.649. The molecule has 2 aliphatic rings. The number of ether oxygens (including phenoxy) is 6. The van der Waals surface area contributed by atoms with Crippen LogP contribution >= 0.6 is 0 Å². The lowest BCUT2D eigenvalue weighted by Crippen LogP contribution is -2.19. The first-order valence-electron chi connectivity index (χ1n) is 14.6. The Kier molecular flexibility index (Phi) is 8.41. The molecular weight excluding hydrogens is 556 g/mol. The van der Waals surface area contributed by atoms with E-state index in [2.05, 4.69) is 41.1 Å². The number of methoxy groups -OCH3 is 5. The van der Waals surface area contributed by atoms with E-state index in [-0.39, 0.29) is 0 Å². The highest BCUT2D eigenvalue weighted by Gasteiger charge is 2.22. The van der Waals surface area contributed by atoms with Gasteiger partial charge in [0.25, 0.3) is 0 Å². The van der Waals surface area contributed by atoms with Crippen molar-refractivity contribution in [2.75, 3.05) is 48.6 Å². The van der Waals surface area contributed by atoms with E-state index in [0.717, 1.165) is 77.0 Å². The fourth-order valence-electron chi connectivity index (χ4n) is 5.85. The Morgan fingerprint density at radius 1 is 0.659 bits per heavy atom. The van der Waals surface area contributed by atoms with E-state index in [1.54, 1.807) is 35.5 Å². The maximum Gasteiger partial charge on any atom is 0.208 e. The second-order valence-electron chi connectivity index (χ2n) is 10.7. The van der Waals surface area contributed by atoms with Gasteiger partial charge in [-0.1, -0.05) is 12.1 Å². The summed E-state index contributed by atoms with van der Waals surface area (Å²) in [7, 11) is 8.30. The summed E-state index contributed by atoms with van der Waals surface area (Å²) >= 11 is 0. The molecule has 0 radical (unpaired) electrons. The number of fused-ring (bicyclic) bond motifs is 2. The zero-order valence-electron chi connectivity index (χ0n) is 25.8. The van der Waals surface area contributed by atoms with E-state index in [4.69, 9.17) is 33.4 Å². The second-order valence-corrected chi connectivity index (χ2v) is 10.7. The number of nitrogens with zero attached hydrogens (tertiary/aromatic N) is 2. The summed E-state index contributed by atoms with van der Waals surface area (Å²) in [6.45, 7) is 1.58. The van der Waals surface area contributed by atoms with Crippen molar-refractivity contribution in [3.05, 3.63) is 94.5 Å². The van der Waals surface area contributed by atoms with Crippen molar-refractivity contribution in [2.24, 2.45) is 4.99 Å². The monoisotopic (exact) mass is 593 g/mol. The highest BCUT2D eigenvalue weighted by Crippen LogP contribution is 2.37. The van der Waals surface area contributed by atoms with Crippen LogP contribution in [0.1, 0.15) is 27.8 Å². The van der Waals surface area contributed by atoms with Gasteiger partial charge in [-0.3, -0.25) is 4.99 Å². The molecule has 0 atom stereocenters.